The number of ether oxygens (including phenoxy) is 1. The number of anilines is 1. The zero-order valence-corrected chi connectivity index (χ0v) is 15.0. The number of pyridine rings is 1. The van der Waals surface area contributed by atoms with E-state index in [1.165, 1.54) is 31.2 Å². The number of alkyl halides is 3. The number of aryl methyl sites for hydroxylation is 1. The fourth-order valence-electron chi connectivity index (χ4n) is 2.59. The first-order valence-corrected chi connectivity index (χ1v) is 8.38. The number of amides is 1. The molecule has 0 fully saturated rings. The average molecular weight is 395 g/mol. The molecule has 0 aliphatic carbocycles. The van der Waals surface area contributed by atoms with Gasteiger partial charge in [0.15, 0.2) is 0 Å². The van der Waals surface area contributed by atoms with Crippen LogP contribution in [0, 0.1) is 12.7 Å². The Morgan fingerprint density at radius 1 is 1.25 bits per heavy atom. The molecule has 0 spiro atoms. The normalized spacial score (nSPS) is 12.9. The second-order valence-electron chi connectivity index (χ2n) is 6.31. The lowest BCUT2D eigenvalue weighted by Crippen LogP contribution is -2.32. The molecule has 0 saturated carbocycles. The zero-order chi connectivity index (χ0) is 20.5. The van der Waals surface area contributed by atoms with Gasteiger partial charge in [-0.15, -0.1) is 0 Å². The summed E-state index contributed by atoms with van der Waals surface area (Å²) in [6, 6.07) is 9.09. The molecule has 3 aromatic rings. The van der Waals surface area contributed by atoms with E-state index in [4.69, 9.17) is 0 Å². The van der Waals surface area contributed by atoms with Gasteiger partial charge in [-0.25, -0.2) is 9.37 Å². The largest absolute Gasteiger partial charge is 0.411 e. The Balaban J connectivity index is 1.95. The molecule has 1 aromatic carbocycles. The first-order valence-electron chi connectivity index (χ1n) is 8.38. The van der Waals surface area contributed by atoms with E-state index in [9.17, 15) is 22.4 Å². The third-order valence-electron chi connectivity index (χ3n) is 4.01. The number of nitrogens with one attached hydrogen (secondary N) is 1. The van der Waals surface area contributed by atoms with E-state index in [-0.39, 0.29) is 5.82 Å². The second-order valence-corrected chi connectivity index (χ2v) is 6.31. The molecule has 5 nitrogen and oxygen atoms in total. The maximum Gasteiger partial charge on any atom is 0.411 e. The predicted molar refractivity (Wildman–Crippen MR) is 95.4 cm³/mol. The summed E-state index contributed by atoms with van der Waals surface area (Å²) in [5.41, 5.74) is 2.37. The minimum Gasteiger partial charge on any atom is -0.359 e. The van der Waals surface area contributed by atoms with Crippen molar-refractivity contribution in [3.05, 3.63) is 54.0 Å². The highest BCUT2D eigenvalue weighted by Crippen LogP contribution is 2.29. The van der Waals surface area contributed by atoms with Crippen molar-refractivity contribution < 1.29 is 27.1 Å². The summed E-state index contributed by atoms with van der Waals surface area (Å²) < 4.78 is 56.4. The molecular formula is C19H17F4N3O2. The number of halogens is 4. The van der Waals surface area contributed by atoms with E-state index < -0.39 is 30.6 Å². The minimum absolute atomic E-state index is 0.258. The topological polar surface area (TPSA) is 55.6 Å². The summed E-state index contributed by atoms with van der Waals surface area (Å²) in [4.78, 5) is 16.8. The van der Waals surface area contributed by atoms with Crippen LogP contribution in [0.4, 0.5) is 23.4 Å². The number of carbonyl (C=O) groups excluding carboxylic acids is 1. The maximum atomic E-state index is 13.3. The monoisotopic (exact) mass is 395 g/mol. The molecule has 1 unspecified atom stereocenters. The maximum absolute atomic E-state index is 13.3. The van der Waals surface area contributed by atoms with Crippen LogP contribution in [-0.2, 0) is 9.53 Å². The van der Waals surface area contributed by atoms with E-state index in [0.717, 1.165) is 5.56 Å². The first kappa shape index (κ1) is 19.8. The van der Waals surface area contributed by atoms with E-state index in [1.54, 1.807) is 22.7 Å². The summed E-state index contributed by atoms with van der Waals surface area (Å²) >= 11 is 0. The number of benzene rings is 1. The van der Waals surface area contributed by atoms with E-state index >= 15 is 0 Å². The van der Waals surface area contributed by atoms with Gasteiger partial charge in [-0.1, -0.05) is 0 Å². The summed E-state index contributed by atoms with van der Waals surface area (Å²) in [6.45, 7) is 1.57. The molecule has 0 bridgehead atoms. The van der Waals surface area contributed by atoms with Crippen LogP contribution in [0.1, 0.15) is 12.5 Å². The summed E-state index contributed by atoms with van der Waals surface area (Å²) in [6.07, 6.45) is -4.19. The number of nitrogens with zero attached hydrogens (tertiary/aromatic N) is 2. The molecule has 1 N–H and O–H groups in total. The molecule has 0 aliphatic rings. The van der Waals surface area contributed by atoms with E-state index in [0.29, 0.717) is 16.9 Å². The van der Waals surface area contributed by atoms with Gasteiger partial charge in [0, 0.05) is 11.8 Å². The number of rotatable bonds is 5. The number of hydrogen-bond acceptors (Lipinski definition) is 3. The van der Waals surface area contributed by atoms with Crippen molar-refractivity contribution >= 4 is 17.4 Å². The Morgan fingerprint density at radius 3 is 2.57 bits per heavy atom. The molecule has 9 heteroatoms. The molecule has 28 heavy (non-hydrogen) atoms. The summed E-state index contributed by atoms with van der Waals surface area (Å²) in [7, 11) is 0. The van der Waals surface area contributed by atoms with Crippen molar-refractivity contribution in [3.63, 3.8) is 0 Å². The van der Waals surface area contributed by atoms with Gasteiger partial charge >= 0.3 is 6.18 Å². The van der Waals surface area contributed by atoms with Crippen molar-refractivity contribution in [3.8, 4) is 11.3 Å². The molecule has 1 amide bonds. The predicted octanol–water partition coefficient (Wildman–Crippen LogP) is 4.35. The highest BCUT2D eigenvalue weighted by molar-refractivity contribution is 5.97. The van der Waals surface area contributed by atoms with Crippen LogP contribution in [0.2, 0.25) is 0 Å². The van der Waals surface area contributed by atoms with Gasteiger partial charge in [0.25, 0.3) is 5.91 Å². The number of hydrogen-bond donors (Lipinski definition) is 1. The minimum atomic E-state index is -4.53. The zero-order valence-electron chi connectivity index (χ0n) is 15.0. The van der Waals surface area contributed by atoms with Crippen LogP contribution in [0.25, 0.3) is 16.9 Å². The molecular weight excluding hydrogens is 378 g/mol. The molecule has 0 aliphatic heterocycles. The average Bonchev–Trinajstić information content (AvgIpc) is 2.97. The van der Waals surface area contributed by atoms with Crippen LogP contribution in [0.5, 0.6) is 0 Å². The Hall–Kier alpha value is -2.94. The Kier molecular flexibility index (Phi) is 5.37. The molecule has 0 saturated heterocycles. The van der Waals surface area contributed by atoms with Crippen LogP contribution in [0.15, 0.2) is 42.6 Å². The highest BCUT2D eigenvalue weighted by Gasteiger charge is 2.30. The first-order chi connectivity index (χ1) is 13.1. The third kappa shape index (κ3) is 4.48. The van der Waals surface area contributed by atoms with Crippen molar-refractivity contribution in [2.45, 2.75) is 26.1 Å². The van der Waals surface area contributed by atoms with Gasteiger partial charge in [-0.05, 0) is 55.8 Å². The Bertz CT molecular complexity index is 997. The van der Waals surface area contributed by atoms with Crippen molar-refractivity contribution in [2.75, 3.05) is 11.9 Å². The Morgan fingerprint density at radius 2 is 1.93 bits per heavy atom. The standard InChI is InChI=1S/C19H17F4N3O2/c1-11-7-8-26-15(9-11)24-16(13-3-5-14(20)6-4-13)17(26)25-18(27)12(2)28-10-19(21,22)23/h3-9,12H,10H2,1-2H3,(H,25,27). The van der Waals surface area contributed by atoms with Gasteiger partial charge in [0.1, 0.15) is 35.7 Å². The number of aromatic nitrogens is 2. The third-order valence-corrected chi connectivity index (χ3v) is 4.01. The second kappa shape index (κ2) is 7.59. The molecule has 148 valence electrons. The van der Waals surface area contributed by atoms with Crippen molar-refractivity contribution in [1.82, 2.24) is 9.38 Å². The lowest BCUT2D eigenvalue weighted by atomic mass is 10.1. The molecule has 1 atom stereocenters. The molecule has 3 rings (SSSR count). The summed E-state index contributed by atoms with van der Waals surface area (Å²) in [5, 5.41) is 2.58. The van der Waals surface area contributed by atoms with Crippen molar-refractivity contribution in [1.29, 1.82) is 0 Å². The van der Waals surface area contributed by atoms with Crippen molar-refractivity contribution in [2.24, 2.45) is 0 Å². The quantitative estimate of drug-likeness (QED) is 0.654. The van der Waals surface area contributed by atoms with Crippen LogP contribution >= 0.6 is 0 Å². The lowest BCUT2D eigenvalue weighted by molar-refractivity contribution is -0.184. The highest BCUT2D eigenvalue weighted by atomic mass is 19.4. The van der Waals surface area contributed by atoms with Crippen LogP contribution in [-0.4, -0.2) is 34.2 Å². The SMILES string of the molecule is Cc1ccn2c(NC(=O)C(C)OCC(F)(F)F)c(-c3ccc(F)cc3)nc2c1. The fraction of sp³-hybridized carbons (Fsp3) is 0.263. The Labute approximate surface area is 158 Å². The number of fused-ring (bicyclic) bond motifs is 1. The van der Waals surface area contributed by atoms with E-state index in [1.807, 2.05) is 6.92 Å². The van der Waals surface area contributed by atoms with Gasteiger partial charge in [-0.3, -0.25) is 9.20 Å². The fourth-order valence-corrected chi connectivity index (χ4v) is 2.59. The summed E-state index contributed by atoms with van der Waals surface area (Å²) in [5.74, 6) is -0.924. The lowest BCUT2D eigenvalue weighted by Gasteiger charge is -2.15. The number of carbonyl (C=O) groups is 1. The molecule has 2 heterocycles. The van der Waals surface area contributed by atoms with Crippen LogP contribution < -0.4 is 5.32 Å². The van der Waals surface area contributed by atoms with Gasteiger partial charge in [0.2, 0.25) is 0 Å². The van der Waals surface area contributed by atoms with Gasteiger partial charge in [-0.2, -0.15) is 13.2 Å². The van der Waals surface area contributed by atoms with Gasteiger partial charge < -0.3 is 10.1 Å². The molecule has 2 aromatic heterocycles. The van der Waals surface area contributed by atoms with Crippen LogP contribution in [0.3, 0.4) is 0 Å². The smallest absolute Gasteiger partial charge is 0.359 e. The molecule has 0 radical (unpaired) electrons. The van der Waals surface area contributed by atoms with Gasteiger partial charge in [0.05, 0.1) is 0 Å². The van der Waals surface area contributed by atoms with E-state index in [2.05, 4.69) is 15.0 Å². The number of imidazole rings is 1.